The van der Waals surface area contributed by atoms with Crippen LogP contribution in [0.5, 0.6) is 0 Å². The Morgan fingerprint density at radius 1 is 0.415 bits per heavy atom. The largest absolute Gasteiger partial charge is 0.456 e. The molecule has 0 radical (unpaired) electrons. The second kappa shape index (κ2) is 11.2. The lowest BCUT2D eigenvalue weighted by molar-refractivity contribution is 0.669. The number of hydrogen-bond donors (Lipinski definition) is 0. The quantitative estimate of drug-likeness (QED) is 0.185. The summed E-state index contributed by atoms with van der Waals surface area (Å²) in [6.45, 7) is 0. The molecule has 0 N–H and O–H groups in total. The molecule has 3 heterocycles. The summed E-state index contributed by atoms with van der Waals surface area (Å²) >= 11 is 0. The minimum absolute atomic E-state index is 0.145. The van der Waals surface area contributed by atoms with Gasteiger partial charge in [-0.1, -0.05) is 78.9 Å². The maximum Gasteiger partial charge on any atom is 0.136 e. The molecule has 0 spiro atoms. The van der Waals surface area contributed by atoms with Gasteiger partial charge >= 0.3 is 0 Å². The van der Waals surface area contributed by atoms with E-state index in [9.17, 15) is 21.0 Å². The molecule has 0 bridgehead atoms. The predicted octanol–water partition coefficient (Wildman–Crippen LogP) is 10.9. The van der Waals surface area contributed by atoms with Crippen LogP contribution in [-0.4, -0.2) is 9.13 Å². The van der Waals surface area contributed by atoms with E-state index in [1.807, 2.05) is 124 Å². The highest BCUT2D eigenvalue weighted by Crippen LogP contribution is 2.43. The molecule has 7 nitrogen and oxygen atoms in total. The molecule has 53 heavy (non-hydrogen) atoms. The van der Waals surface area contributed by atoms with Crippen molar-refractivity contribution in [3.63, 3.8) is 0 Å². The molecule has 7 heteroatoms. The summed E-state index contributed by atoms with van der Waals surface area (Å²) in [6.07, 6.45) is 0. The molecule has 3 aromatic heterocycles. The van der Waals surface area contributed by atoms with Gasteiger partial charge in [0, 0.05) is 43.4 Å². The lowest BCUT2D eigenvalue weighted by Gasteiger charge is -2.19. The molecule has 0 aliphatic heterocycles. The van der Waals surface area contributed by atoms with E-state index in [0.29, 0.717) is 22.5 Å². The number of nitriles is 4. The third kappa shape index (κ3) is 4.11. The highest BCUT2D eigenvalue weighted by atomic mass is 16.3. The van der Waals surface area contributed by atoms with Crippen molar-refractivity contribution in [3.8, 4) is 46.8 Å². The Bertz CT molecular complexity index is 3350. The van der Waals surface area contributed by atoms with Crippen LogP contribution in [0.3, 0.4) is 0 Å². The van der Waals surface area contributed by atoms with Gasteiger partial charge in [-0.2, -0.15) is 21.0 Å². The number of rotatable bonds is 3. The van der Waals surface area contributed by atoms with Crippen molar-refractivity contribution < 1.29 is 4.42 Å². The van der Waals surface area contributed by atoms with Crippen LogP contribution < -0.4 is 0 Å². The maximum atomic E-state index is 10.9. The summed E-state index contributed by atoms with van der Waals surface area (Å²) in [5.74, 6) is 0. The molecule has 242 valence electrons. The molecule has 0 saturated heterocycles. The Morgan fingerprint density at radius 3 is 1.66 bits per heavy atom. The smallest absolute Gasteiger partial charge is 0.136 e. The van der Waals surface area contributed by atoms with Crippen LogP contribution in [-0.2, 0) is 0 Å². The van der Waals surface area contributed by atoms with Gasteiger partial charge in [-0.3, -0.25) is 0 Å². The molecule has 0 amide bonds. The number of benzene rings is 7. The average molecular weight is 675 g/mol. The number of fused-ring (bicyclic) bond motifs is 9. The van der Waals surface area contributed by atoms with Crippen LogP contribution in [0.25, 0.3) is 88.1 Å². The summed E-state index contributed by atoms with van der Waals surface area (Å²) in [5.41, 5.74) is 7.92. The molecule has 10 rings (SSSR count). The van der Waals surface area contributed by atoms with Crippen LogP contribution in [0.1, 0.15) is 22.3 Å². The van der Waals surface area contributed by atoms with E-state index in [-0.39, 0.29) is 22.3 Å². The van der Waals surface area contributed by atoms with Crippen LogP contribution in [0.2, 0.25) is 0 Å². The van der Waals surface area contributed by atoms with Crippen molar-refractivity contribution in [1.82, 2.24) is 9.13 Å². The number of hydrogen-bond acceptors (Lipinski definition) is 5. The fourth-order valence-corrected chi connectivity index (χ4v) is 8.07. The zero-order valence-electron chi connectivity index (χ0n) is 27.8. The van der Waals surface area contributed by atoms with Crippen molar-refractivity contribution >= 4 is 65.6 Å². The minimum atomic E-state index is 0.145. The van der Waals surface area contributed by atoms with Crippen molar-refractivity contribution in [1.29, 1.82) is 21.0 Å². The molecule has 10 aromatic rings. The van der Waals surface area contributed by atoms with Crippen molar-refractivity contribution in [2.75, 3.05) is 0 Å². The van der Waals surface area contributed by atoms with Gasteiger partial charge in [-0.25, -0.2) is 0 Å². The fraction of sp³-hybridized carbons (Fsp3) is 0. The number of furan rings is 1. The second-order valence-electron chi connectivity index (χ2n) is 12.9. The van der Waals surface area contributed by atoms with Crippen LogP contribution >= 0.6 is 0 Å². The van der Waals surface area contributed by atoms with Gasteiger partial charge in [0.05, 0.1) is 61.8 Å². The van der Waals surface area contributed by atoms with E-state index in [4.69, 9.17) is 4.42 Å². The first-order valence-corrected chi connectivity index (χ1v) is 16.9. The molecule has 0 aliphatic carbocycles. The van der Waals surface area contributed by atoms with Gasteiger partial charge in [0.1, 0.15) is 29.4 Å². The van der Waals surface area contributed by atoms with Crippen LogP contribution in [0.15, 0.2) is 138 Å². The minimum Gasteiger partial charge on any atom is -0.456 e. The van der Waals surface area contributed by atoms with E-state index in [1.165, 1.54) is 0 Å². The van der Waals surface area contributed by atoms with Gasteiger partial charge in [0.25, 0.3) is 0 Å². The third-order valence-corrected chi connectivity index (χ3v) is 10.3. The number of nitrogens with zero attached hydrogens (tertiary/aromatic N) is 6. The first kappa shape index (κ1) is 29.8. The predicted molar refractivity (Wildman–Crippen MR) is 207 cm³/mol. The van der Waals surface area contributed by atoms with E-state index in [2.05, 4.69) is 30.3 Å². The van der Waals surface area contributed by atoms with Crippen molar-refractivity contribution in [2.24, 2.45) is 0 Å². The van der Waals surface area contributed by atoms with Crippen LogP contribution in [0.4, 0.5) is 0 Å². The molecule has 0 saturated carbocycles. The Balaban J connectivity index is 1.30. The Labute approximate surface area is 301 Å². The lowest BCUT2D eigenvalue weighted by atomic mass is 9.91. The normalized spacial score (nSPS) is 11.3. The summed E-state index contributed by atoms with van der Waals surface area (Å²) < 4.78 is 10.3. The zero-order chi connectivity index (χ0) is 35.8. The molecular formula is C46H22N6O. The summed E-state index contributed by atoms with van der Waals surface area (Å²) in [4.78, 5) is 0. The zero-order valence-corrected chi connectivity index (χ0v) is 27.8. The number of aromatic nitrogens is 2. The molecule has 0 atom stereocenters. The SMILES string of the molecule is N#Cc1cc(C#N)c(-n2c3ccccc3c3ccccc32)c(-c2ccc(-n3c4ccccc4c4cc5oc6ccccc6c5cc43)c(C#N)c2C#N)c1. The highest BCUT2D eigenvalue weighted by Gasteiger charge is 2.25. The molecule has 0 unspecified atom stereocenters. The fourth-order valence-electron chi connectivity index (χ4n) is 8.07. The second-order valence-corrected chi connectivity index (χ2v) is 12.9. The van der Waals surface area contributed by atoms with Gasteiger partial charge in [-0.05, 0) is 54.6 Å². The highest BCUT2D eigenvalue weighted by molar-refractivity contribution is 6.17. The Hall–Kier alpha value is -8.10. The third-order valence-electron chi connectivity index (χ3n) is 10.3. The van der Waals surface area contributed by atoms with Gasteiger partial charge in [-0.15, -0.1) is 0 Å². The van der Waals surface area contributed by atoms with E-state index >= 15 is 0 Å². The molecular weight excluding hydrogens is 653 g/mol. The topological polar surface area (TPSA) is 118 Å². The average Bonchev–Trinajstić information content (AvgIpc) is 3.86. The molecule has 0 aliphatic rings. The van der Waals surface area contributed by atoms with Gasteiger partial charge in [0.15, 0.2) is 0 Å². The summed E-state index contributed by atoms with van der Waals surface area (Å²) in [5, 5.41) is 48.4. The van der Waals surface area contributed by atoms with Crippen molar-refractivity contribution in [2.45, 2.75) is 0 Å². The van der Waals surface area contributed by atoms with E-state index < -0.39 is 0 Å². The number of para-hydroxylation sites is 4. The van der Waals surface area contributed by atoms with Crippen LogP contribution in [0, 0.1) is 45.3 Å². The Kier molecular flexibility index (Phi) is 6.30. The first-order chi connectivity index (χ1) is 26.1. The van der Waals surface area contributed by atoms with Crippen molar-refractivity contribution in [3.05, 3.63) is 156 Å². The monoisotopic (exact) mass is 674 g/mol. The summed E-state index contributed by atoms with van der Waals surface area (Å²) in [6, 6.07) is 52.2. The van der Waals surface area contributed by atoms with E-state index in [0.717, 1.165) is 65.6 Å². The summed E-state index contributed by atoms with van der Waals surface area (Å²) in [7, 11) is 0. The molecule has 7 aromatic carbocycles. The van der Waals surface area contributed by atoms with Gasteiger partial charge in [0.2, 0.25) is 0 Å². The van der Waals surface area contributed by atoms with Gasteiger partial charge < -0.3 is 13.6 Å². The Morgan fingerprint density at radius 2 is 1.02 bits per heavy atom. The molecule has 0 fully saturated rings. The standard InChI is InChI=1S/C46H22N6O/c47-23-27-19-28(24-48)46(52-40-14-6-1-9-30(40)31-10-2-7-15-41(31)52)36(20-27)29-17-18-42(38(26-50)37(29)25-49)51-39-13-5-3-11-32(39)34-22-45-35(21-43(34)51)33-12-4-8-16-44(33)53-45/h1-22H. The van der Waals surface area contributed by atoms with E-state index in [1.54, 1.807) is 12.1 Å². The lowest BCUT2D eigenvalue weighted by Crippen LogP contribution is -2.05. The first-order valence-electron chi connectivity index (χ1n) is 16.9. The maximum absolute atomic E-state index is 10.9.